The first-order valence-corrected chi connectivity index (χ1v) is 6.43. The molecule has 0 atom stereocenters. The molecule has 1 aliphatic heterocycles. The molecule has 0 saturated carbocycles. The van der Waals surface area contributed by atoms with Crippen molar-refractivity contribution in [1.82, 2.24) is 10.4 Å². The van der Waals surface area contributed by atoms with Gasteiger partial charge < -0.3 is 0 Å². The maximum absolute atomic E-state index is 11.8. The van der Waals surface area contributed by atoms with E-state index in [9.17, 15) is 19.7 Å². The molecule has 7 nitrogen and oxygen atoms in total. The maximum Gasteiger partial charge on any atom is 0.270 e. The van der Waals surface area contributed by atoms with Gasteiger partial charge in [-0.2, -0.15) is 0 Å². The molecule has 0 unspecified atom stereocenters. The van der Waals surface area contributed by atoms with Gasteiger partial charge in [0.15, 0.2) is 4.32 Å². The van der Waals surface area contributed by atoms with Gasteiger partial charge in [0.2, 0.25) is 0 Å². The van der Waals surface area contributed by atoms with E-state index in [1.54, 1.807) is 0 Å². The summed E-state index contributed by atoms with van der Waals surface area (Å²) in [6.07, 6.45) is 0. The zero-order chi connectivity index (χ0) is 14.0. The van der Waals surface area contributed by atoms with Gasteiger partial charge >= 0.3 is 0 Å². The van der Waals surface area contributed by atoms with Crippen molar-refractivity contribution >= 4 is 45.8 Å². The minimum absolute atomic E-state index is 0.111. The number of non-ortho nitro benzene ring substituents is 1. The second kappa shape index (κ2) is 5.33. The van der Waals surface area contributed by atoms with Gasteiger partial charge in [-0.25, -0.2) is 5.01 Å². The van der Waals surface area contributed by atoms with E-state index in [2.05, 4.69) is 5.43 Å². The lowest BCUT2D eigenvalue weighted by molar-refractivity contribution is -0.384. The molecule has 1 fully saturated rings. The lowest BCUT2D eigenvalue weighted by atomic mass is 10.2. The Kier molecular flexibility index (Phi) is 3.76. The van der Waals surface area contributed by atoms with Gasteiger partial charge in [-0.1, -0.05) is 24.0 Å². The lowest BCUT2D eigenvalue weighted by Crippen LogP contribution is -2.45. The Bertz CT molecular complexity index is 557. The molecule has 0 aliphatic carbocycles. The Hall–Kier alpha value is -2.00. The summed E-state index contributed by atoms with van der Waals surface area (Å²) in [7, 11) is 0. The first-order valence-electron chi connectivity index (χ1n) is 5.04. The second-order valence-corrected chi connectivity index (χ2v) is 5.14. The van der Waals surface area contributed by atoms with E-state index in [-0.39, 0.29) is 27.2 Å². The SMILES string of the molecule is O=C(NN1C(=O)CSC1=S)c1ccc([N+](=O)[O-])cc1. The summed E-state index contributed by atoms with van der Waals surface area (Å²) in [5.41, 5.74) is 2.45. The Labute approximate surface area is 117 Å². The Morgan fingerprint density at radius 1 is 1.42 bits per heavy atom. The van der Waals surface area contributed by atoms with Crippen molar-refractivity contribution in [1.29, 1.82) is 0 Å². The van der Waals surface area contributed by atoms with E-state index in [4.69, 9.17) is 12.2 Å². The maximum atomic E-state index is 11.8. The van der Waals surface area contributed by atoms with Gasteiger partial charge in [-0.15, -0.1) is 0 Å². The Morgan fingerprint density at radius 2 is 2.05 bits per heavy atom. The van der Waals surface area contributed by atoms with E-state index in [1.807, 2.05) is 0 Å². The zero-order valence-electron chi connectivity index (χ0n) is 9.36. The van der Waals surface area contributed by atoms with Crippen LogP contribution < -0.4 is 5.43 Å². The number of rotatable bonds is 3. The number of nitro benzene ring substituents is 1. The number of hydrogen-bond acceptors (Lipinski definition) is 6. The summed E-state index contributed by atoms with van der Waals surface area (Å²) >= 11 is 6.07. The second-order valence-electron chi connectivity index (χ2n) is 3.53. The van der Waals surface area contributed by atoms with Crippen molar-refractivity contribution in [3.05, 3.63) is 39.9 Å². The number of thiocarbonyl (C=S) groups is 1. The fourth-order valence-electron chi connectivity index (χ4n) is 1.36. The van der Waals surface area contributed by atoms with Crippen LogP contribution in [0.2, 0.25) is 0 Å². The quantitative estimate of drug-likeness (QED) is 0.510. The van der Waals surface area contributed by atoms with Crippen LogP contribution in [-0.2, 0) is 4.79 Å². The molecule has 0 aromatic heterocycles. The van der Waals surface area contributed by atoms with Crippen LogP contribution in [-0.4, -0.2) is 31.8 Å². The third kappa shape index (κ3) is 2.88. The number of thioether (sulfide) groups is 1. The summed E-state index contributed by atoms with van der Waals surface area (Å²) in [6.45, 7) is 0. The smallest absolute Gasteiger partial charge is 0.270 e. The van der Waals surface area contributed by atoms with Crippen LogP contribution >= 0.6 is 24.0 Å². The molecule has 2 rings (SSSR count). The molecule has 1 aromatic carbocycles. The van der Waals surface area contributed by atoms with E-state index < -0.39 is 10.8 Å². The van der Waals surface area contributed by atoms with E-state index >= 15 is 0 Å². The molecule has 0 spiro atoms. The van der Waals surface area contributed by atoms with Crippen molar-refractivity contribution in [3.8, 4) is 0 Å². The van der Waals surface area contributed by atoms with Crippen LogP contribution in [0.1, 0.15) is 10.4 Å². The standard InChI is InChI=1S/C10H7N3O4S2/c14-8-5-19-10(18)12(8)11-9(15)6-1-3-7(4-2-6)13(16)17/h1-4H,5H2,(H,11,15). The van der Waals surface area contributed by atoms with Crippen molar-refractivity contribution in [2.24, 2.45) is 0 Å². The van der Waals surface area contributed by atoms with E-state index in [0.717, 1.165) is 16.8 Å². The summed E-state index contributed by atoms with van der Waals surface area (Å²) < 4.78 is 0.278. The van der Waals surface area contributed by atoms with Gasteiger partial charge in [-0.05, 0) is 12.1 Å². The molecule has 98 valence electrons. The summed E-state index contributed by atoms with van der Waals surface area (Å²) in [5.74, 6) is -0.655. The van der Waals surface area contributed by atoms with Crippen LogP contribution in [0.25, 0.3) is 0 Å². The molecule has 1 N–H and O–H groups in total. The van der Waals surface area contributed by atoms with Crippen molar-refractivity contribution in [2.45, 2.75) is 0 Å². The molecular formula is C10H7N3O4S2. The average Bonchev–Trinajstić information content (AvgIpc) is 2.70. The lowest BCUT2D eigenvalue weighted by Gasteiger charge is -2.15. The highest BCUT2D eigenvalue weighted by Crippen LogP contribution is 2.18. The summed E-state index contributed by atoms with van der Waals surface area (Å²) in [5, 5.41) is 11.5. The molecule has 2 amide bonds. The van der Waals surface area contributed by atoms with Gasteiger partial charge in [0.05, 0.1) is 10.7 Å². The largest absolute Gasteiger partial charge is 0.272 e. The van der Waals surface area contributed by atoms with Crippen LogP contribution in [0.4, 0.5) is 5.69 Å². The predicted molar refractivity (Wildman–Crippen MR) is 72.5 cm³/mol. The third-order valence-electron chi connectivity index (χ3n) is 2.30. The highest BCUT2D eigenvalue weighted by atomic mass is 32.2. The molecule has 1 aliphatic rings. The van der Waals surface area contributed by atoms with Gasteiger partial charge in [0.1, 0.15) is 0 Å². The number of nitrogens with zero attached hydrogens (tertiary/aromatic N) is 2. The number of benzene rings is 1. The third-order valence-corrected chi connectivity index (χ3v) is 3.66. The first kappa shape index (κ1) is 13.4. The molecule has 1 saturated heterocycles. The number of hydrazine groups is 1. The Balaban J connectivity index is 2.09. The molecule has 0 radical (unpaired) electrons. The first-order chi connectivity index (χ1) is 8.99. The number of nitro groups is 1. The molecule has 1 heterocycles. The topological polar surface area (TPSA) is 92.6 Å². The minimum Gasteiger partial charge on any atom is -0.272 e. The molecule has 9 heteroatoms. The average molecular weight is 297 g/mol. The van der Waals surface area contributed by atoms with Crippen molar-refractivity contribution < 1.29 is 14.5 Å². The van der Waals surface area contributed by atoms with Gasteiger partial charge in [-0.3, -0.25) is 25.1 Å². The van der Waals surface area contributed by atoms with Gasteiger partial charge in [0.25, 0.3) is 17.5 Å². The van der Waals surface area contributed by atoms with Gasteiger partial charge in [0, 0.05) is 17.7 Å². The minimum atomic E-state index is -0.558. The van der Waals surface area contributed by atoms with Crippen molar-refractivity contribution in [2.75, 3.05) is 5.75 Å². The van der Waals surface area contributed by atoms with Crippen LogP contribution in [0.5, 0.6) is 0 Å². The molecule has 1 aromatic rings. The molecular weight excluding hydrogens is 290 g/mol. The van der Waals surface area contributed by atoms with Crippen LogP contribution in [0, 0.1) is 10.1 Å². The number of amides is 2. The highest BCUT2D eigenvalue weighted by Gasteiger charge is 2.28. The number of nitrogens with one attached hydrogen (secondary N) is 1. The number of carbonyl (C=O) groups is 2. The zero-order valence-corrected chi connectivity index (χ0v) is 11.0. The van der Waals surface area contributed by atoms with Crippen LogP contribution in [0.3, 0.4) is 0 Å². The predicted octanol–water partition coefficient (Wildman–Crippen LogP) is 1.10. The number of hydrogen-bond donors (Lipinski definition) is 1. The van der Waals surface area contributed by atoms with E-state index in [1.165, 1.54) is 24.3 Å². The van der Waals surface area contributed by atoms with Crippen molar-refractivity contribution in [3.63, 3.8) is 0 Å². The molecule has 0 bridgehead atoms. The fourth-order valence-corrected chi connectivity index (χ4v) is 2.34. The summed E-state index contributed by atoms with van der Waals surface area (Å²) in [4.78, 5) is 33.2. The number of carbonyl (C=O) groups excluding carboxylic acids is 2. The normalized spacial score (nSPS) is 14.6. The molecule has 19 heavy (non-hydrogen) atoms. The summed E-state index contributed by atoms with van der Waals surface area (Å²) in [6, 6.07) is 5.05. The highest BCUT2D eigenvalue weighted by molar-refractivity contribution is 8.23. The van der Waals surface area contributed by atoms with Crippen LogP contribution in [0.15, 0.2) is 24.3 Å². The Morgan fingerprint density at radius 3 is 2.53 bits per heavy atom. The monoisotopic (exact) mass is 297 g/mol. The van der Waals surface area contributed by atoms with E-state index in [0.29, 0.717) is 0 Å². The fraction of sp³-hybridized carbons (Fsp3) is 0.100.